The van der Waals surface area contributed by atoms with Gasteiger partial charge in [0.1, 0.15) is 12.4 Å². The van der Waals surface area contributed by atoms with E-state index in [1.165, 1.54) is 96.4 Å². The Morgan fingerprint density at radius 2 is 1.12 bits per heavy atom. The smallest absolute Gasteiger partial charge is 0.243 e. The quantitative estimate of drug-likeness (QED) is 0.339. The molecule has 4 heteroatoms. The Hall–Kier alpha value is -0.540. The van der Waals surface area contributed by atoms with Crippen molar-refractivity contribution in [2.75, 3.05) is 0 Å². The Labute approximate surface area is 156 Å². The average Bonchev–Trinajstić information content (AvgIpc) is 2.93. The summed E-state index contributed by atoms with van der Waals surface area (Å²) >= 11 is 0. The lowest BCUT2D eigenvalue weighted by atomic mass is 10.0. The van der Waals surface area contributed by atoms with E-state index in [0.717, 1.165) is 0 Å². The number of halogens is 1. The van der Waals surface area contributed by atoms with Crippen molar-refractivity contribution < 1.29 is 22.5 Å². The topological polar surface area (TPSA) is 40.3 Å². The molecule has 0 aromatic carbocycles. The third-order valence-corrected chi connectivity index (χ3v) is 4.59. The van der Waals surface area contributed by atoms with Crippen molar-refractivity contribution >= 4 is 0 Å². The van der Waals surface area contributed by atoms with Gasteiger partial charge >= 0.3 is 0 Å². The van der Waals surface area contributed by atoms with Crippen molar-refractivity contribution in [2.24, 2.45) is 7.05 Å². The average molecular weight is 361 g/mol. The van der Waals surface area contributed by atoms with Gasteiger partial charge in [0.2, 0.25) is 6.33 Å². The van der Waals surface area contributed by atoms with Gasteiger partial charge in [0, 0.05) is 0 Å². The molecule has 0 saturated heterocycles. The van der Waals surface area contributed by atoms with Crippen molar-refractivity contribution in [3.8, 4) is 0 Å². The van der Waals surface area contributed by atoms with E-state index < -0.39 is 0 Å². The van der Waals surface area contributed by atoms with E-state index in [-0.39, 0.29) is 17.9 Å². The van der Waals surface area contributed by atoms with Gasteiger partial charge in [0.15, 0.2) is 0 Å². The van der Waals surface area contributed by atoms with Gasteiger partial charge in [-0.25, -0.2) is 9.13 Å². The molecule has 0 aliphatic rings. The SMILES string of the molecule is CCCCCCCCCCCCCCCC[n+]1ccn(C)c1.O.[Cl-]. The minimum atomic E-state index is 0. The lowest BCUT2D eigenvalue weighted by Gasteiger charge is -2.03. The molecule has 0 aliphatic heterocycles. The number of rotatable bonds is 15. The van der Waals surface area contributed by atoms with Gasteiger partial charge < -0.3 is 17.9 Å². The molecule has 0 radical (unpaired) electrons. The van der Waals surface area contributed by atoms with E-state index in [1.54, 1.807) is 0 Å². The third kappa shape index (κ3) is 15.0. The van der Waals surface area contributed by atoms with Gasteiger partial charge in [0.05, 0.1) is 13.6 Å². The predicted octanol–water partition coefficient (Wildman–Crippen LogP) is 1.97. The molecule has 0 atom stereocenters. The molecule has 0 spiro atoms. The van der Waals surface area contributed by atoms with Crippen LogP contribution in [0.5, 0.6) is 0 Å². The number of unbranched alkanes of at least 4 members (excludes halogenated alkanes) is 13. The van der Waals surface area contributed by atoms with E-state index in [4.69, 9.17) is 0 Å². The molecule has 3 nitrogen and oxygen atoms in total. The summed E-state index contributed by atoms with van der Waals surface area (Å²) in [7, 11) is 2.09. The van der Waals surface area contributed by atoms with Crippen molar-refractivity contribution in [1.29, 1.82) is 0 Å². The molecular formula is C20H41ClN2O. The molecule has 0 bridgehead atoms. The molecule has 1 heterocycles. The maximum atomic E-state index is 2.29. The van der Waals surface area contributed by atoms with Crippen LogP contribution in [0.1, 0.15) is 96.8 Å². The second-order valence-electron chi connectivity index (χ2n) is 6.91. The highest BCUT2D eigenvalue weighted by Gasteiger charge is 1.99. The van der Waals surface area contributed by atoms with Crippen LogP contribution in [-0.2, 0) is 13.6 Å². The number of nitrogens with zero attached hydrogens (tertiary/aromatic N) is 2. The van der Waals surface area contributed by atoms with E-state index >= 15 is 0 Å². The highest BCUT2D eigenvalue weighted by atomic mass is 35.5. The molecule has 1 rings (SSSR count). The van der Waals surface area contributed by atoms with Crippen LogP contribution >= 0.6 is 0 Å². The number of aryl methyl sites for hydroxylation is 2. The van der Waals surface area contributed by atoms with Crippen LogP contribution in [0.25, 0.3) is 0 Å². The molecular weight excluding hydrogens is 320 g/mol. The number of hydrogen-bond acceptors (Lipinski definition) is 0. The summed E-state index contributed by atoms with van der Waals surface area (Å²) in [6.07, 6.45) is 26.5. The fraction of sp³-hybridized carbons (Fsp3) is 0.850. The lowest BCUT2D eigenvalue weighted by molar-refractivity contribution is -0.696. The number of imidazole rings is 1. The predicted molar refractivity (Wildman–Crippen MR) is 99.5 cm³/mol. The lowest BCUT2D eigenvalue weighted by Crippen LogP contribution is -3.00. The molecule has 0 fully saturated rings. The second-order valence-corrected chi connectivity index (χ2v) is 6.91. The standard InChI is InChI=1S/C20H39N2.ClH.H2O/c1-3-4-5-6-7-8-9-10-11-12-13-14-15-16-17-22-19-18-21(2)20-22;;/h18-20H,3-17H2,1-2H3;1H;1H2/q+1;;/p-1. The molecule has 0 saturated carbocycles. The summed E-state index contributed by atoms with van der Waals surface area (Å²) in [5, 5.41) is 0. The monoisotopic (exact) mass is 360 g/mol. The first kappa shape index (κ1) is 25.7. The molecule has 0 amide bonds. The van der Waals surface area contributed by atoms with Crippen LogP contribution in [-0.4, -0.2) is 10.0 Å². The minimum absolute atomic E-state index is 0. The second kappa shape index (κ2) is 18.8. The minimum Gasteiger partial charge on any atom is -1.00 e. The van der Waals surface area contributed by atoms with Gasteiger partial charge in [-0.3, -0.25) is 0 Å². The van der Waals surface area contributed by atoms with Gasteiger partial charge in [-0.05, 0) is 12.8 Å². The molecule has 1 aromatic rings. The van der Waals surface area contributed by atoms with Crippen molar-refractivity contribution in [3.63, 3.8) is 0 Å². The Morgan fingerprint density at radius 1 is 0.708 bits per heavy atom. The zero-order valence-electron chi connectivity index (χ0n) is 16.1. The van der Waals surface area contributed by atoms with E-state index in [0.29, 0.717) is 0 Å². The largest absolute Gasteiger partial charge is 1.00 e. The van der Waals surface area contributed by atoms with Crippen LogP contribution in [0.2, 0.25) is 0 Å². The van der Waals surface area contributed by atoms with Crippen molar-refractivity contribution in [3.05, 3.63) is 18.7 Å². The molecule has 2 N–H and O–H groups in total. The van der Waals surface area contributed by atoms with Crippen LogP contribution in [0.4, 0.5) is 0 Å². The highest BCUT2D eigenvalue weighted by molar-refractivity contribution is 4.61. The zero-order chi connectivity index (χ0) is 15.9. The Balaban J connectivity index is 0. The van der Waals surface area contributed by atoms with Crippen molar-refractivity contribution in [2.45, 2.75) is 103 Å². The molecule has 144 valence electrons. The first-order chi connectivity index (χ1) is 10.8. The van der Waals surface area contributed by atoms with E-state index in [2.05, 4.69) is 41.8 Å². The number of hydrogen-bond donors (Lipinski definition) is 0. The van der Waals surface area contributed by atoms with Crippen LogP contribution in [0.3, 0.4) is 0 Å². The van der Waals surface area contributed by atoms with E-state index in [9.17, 15) is 0 Å². The summed E-state index contributed by atoms with van der Waals surface area (Å²) in [6, 6.07) is 0. The summed E-state index contributed by atoms with van der Waals surface area (Å²) in [4.78, 5) is 0. The fourth-order valence-corrected chi connectivity index (χ4v) is 3.12. The fourth-order valence-electron chi connectivity index (χ4n) is 3.12. The molecule has 0 unspecified atom stereocenters. The van der Waals surface area contributed by atoms with Gasteiger partial charge in [-0.1, -0.05) is 84.0 Å². The maximum Gasteiger partial charge on any atom is 0.243 e. The zero-order valence-corrected chi connectivity index (χ0v) is 16.9. The van der Waals surface area contributed by atoms with Gasteiger partial charge in [-0.15, -0.1) is 0 Å². The Morgan fingerprint density at radius 3 is 1.50 bits per heavy atom. The number of aromatic nitrogens is 2. The van der Waals surface area contributed by atoms with Crippen LogP contribution < -0.4 is 17.0 Å². The van der Waals surface area contributed by atoms with Gasteiger partial charge in [-0.2, -0.15) is 0 Å². The summed E-state index contributed by atoms with van der Waals surface area (Å²) in [5.41, 5.74) is 0. The molecule has 0 aliphatic carbocycles. The normalized spacial score (nSPS) is 10.2. The maximum absolute atomic E-state index is 2.29. The molecule has 24 heavy (non-hydrogen) atoms. The highest BCUT2D eigenvalue weighted by Crippen LogP contribution is 2.12. The summed E-state index contributed by atoms with van der Waals surface area (Å²) in [6.45, 7) is 3.47. The third-order valence-electron chi connectivity index (χ3n) is 4.59. The van der Waals surface area contributed by atoms with Gasteiger partial charge in [0.25, 0.3) is 0 Å². The summed E-state index contributed by atoms with van der Waals surface area (Å²) < 4.78 is 4.41. The first-order valence-electron chi connectivity index (χ1n) is 9.84. The van der Waals surface area contributed by atoms with Crippen LogP contribution in [0, 0.1) is 0 Å². The van der Waals surface area contributed by atoms with E-state index in [1.807, 2.05) is 0 Å². The Kier molecular flexibility index (Phi) is 20.1. The van der Waals surface area contributed by atoms with Crippen molar-refractivity contribution in [1.82, 2.24) is 4.57 Å². The van der Waals surface area contributed by atoms with Crippen LogP contribution in [0.15, 0.2) is 18.7 Å². The Bertz CT molecular complexity index is 355. The first-order valence-corrected chi connectivity index (χ1v) is 9.84. The summed E-state index contributed by atoms with van der Waals surface area (Å²) in [5.74, 6) is 0. The molecule has 1 aromatic heterocycles.